The lowest BCUT2D eigenvalue weighted by molar-refractivity contribution is -0.140. The van der Waals surface area contributed by atoms with Crippen molar-refractivity contribution in [1.82, 2.24) is 20.6 Å². The monoisotopic (exact) mass is 858 g/mol. The Labute approximate surface area is 339 Å². The molecule has 0 bridgehead atoms. The summed E-state index contributed by atoms with van der Waals surface area (Å²) in [6.07, 6.45) is -5.80. The van der Waals surface area contributed by atoms with Crippen molar-refractivity contribution in [3.63, 3.8) is 0 Å². The van der Waals surface area contributed by atoms with E-state index in [1.54, 1.807) is 53.9 Å². The number of aliphatic carboxylic acids is 2. The van der Waals surface area contributed by atoms with Gasteiger partial charge in [0.2, 0.25) is 0 Å². The Morgan fingerprint density at radius 2 is 1.14 bits per heavy atom. The van der Waals surface area contributed by atoms with Gasteiger partial charge in [-0.2, -0.15) is 13.2 Å². The molecule has 0 fully saturated rings. The first-order chi connectivity index (χ1) is 27.1. The van der Waals surface area contributed by atoms with E-state index in [-0.39, 0.29) is 23.4 Å². The number of benzene rings is 4. The van der Waals surface area contributed by atoms with Gasteiger partial charge in [-0.3, -0.25) is 19.2 Å². The number of aromatic nitrogens is 2. The van der Waals surface area contributed by atoms with Crippen LogP contribution in [0.15, 0.2) is 108 Å². The highest BCUT2D eigenvalue weighted by Crippen LogP contribution is 2.36. The summed E-state index contributed by atoms with van der Waals surface area (Å²) in [5.41, 5.74) is 0.431. The van der Waals surface area contributed by atoms with E-state index in [1.165, 1.54) is 47.0 Å². The normalized spacial score (nSPS) is 12.1. The molecule has 2 heterocycles. The maximum Gasteiger partial charge on any atom is 0.416 e. The molecule has 0 saturated carbocycles. The molecule has 18 heteroatoms. The van der Waals surface area contributed by atoms with Gasteiger partial charge < -0.3 is 20.8 Å². The summed E-state index contributed by atoms with van der Waals surface area (Å²) in [6, 6.07) is 21.7. The lowest BCUT2D eigenvalue weighted by atomic mass is 9.97. The van der Waals surface area contributed by atoms with E-state index < -0.39 is 59.8 Å². The van der Waals surface area contributed by atoms with Crippen molar-refractivity contribution in [3.05, 3.63) is 152 Å². The molecule has 57 heavy (non-hydrogen) atoms. The second kappa shape index (κ2) is 19.0. The van der Waals surface area contributed by atoms with Crippen molar-refractivity contribution < 1.29 is 47.0 Å². The fourth-order valence-electron chi connectivity index (χ4n) is 5.36. The van der Waals surface area contributed by atoms with Crippen LogP contribution in [0.1, 0.15) is 62.6 Å². The Bertz CT molecular complexity index is 2410. The molecule has 0 saturated heterocycles. The Kier molecular flexibility index (Phi) is 14.1. The van der Waals surface area contributed by atoms with Gasteiger partial charge in [0.25, 0.3) is 11.8 Å². The lowest BCUT2D eigenvalue weighted by Crippen LogP contribution is -2.32. The maximum atomic E-state index is 13.5. The van der Waals surface area contributed by atoms with Gasteiger partial charge in [0.05, 0.1) is 40.5 Å². The van der Waals surface area contributed by atoms with E-state index in [4.69, 9.17) is 33.4 Å². The number of thiazole rings is 2. The highest BCUT2D eigenvalue weighted by Gasteiger charge is 2.36. The topological polar surface area (TPSA) is 159 Å². The van der Waals surface area contributed by atoms with Gasteiger partial charge in [-0.15, -0.1) is 22.7 Å². The van der Waals surface area contributed by atoms with E-state index in [0.717, 1.165) is 23.5 Å². The maximum absolute atomic E-state index is 13.5. The van der Waals surface area contributed by atoms with Crippen LogP contribution in [0, 0.1) is 5.82 Å². The number of nitrogens with one attached hydrogen (secondary N) is 2. The first-order valence-corrected chi connectivity index (χ1v) is 19.0. The second-order valence-electron chi connectivity index (χ2n) is 11.9. The fraction of sp³-hybridized carbons (Fsp3) is 0.128. The number of carboxylic acids is 2. The summed E-state index contributed by atoms with van der Waals surface area (Å²) in [7, 11) is 0. The van der Waals surface area contributed by atoms with E-state index in [9.17, 15) is 36.7 Å². The first-order valence-electron chi connectivity index (χ1n) is 16.5. The van der Waals surface area contributed by atoms with Crippen LogP contribution in [-0.2, 0) is 15.8 Å². The molecule has 4 aromatic carbocycles. The van der Waals surface area contributed by atoms with Crippen molar-refractivity contribution in [2.45, 2.75) is 31.1 Å². The number of hydrogen-bond donors (Lipinski definition) is 4. The largest absolute Gasteiger partial charge is 0.481 e. The lowest BCUT2D eigenvalue weighted by Gasteiger charge is -2.21. The third kappa shape index (κ3) is 11.4. The minimum absolute atomic E-state index is 0.0465. The Hall–Kier alpha value is -5.68. The Morgan fingerprint density at radius 3 is 1.63 bits per heavy atom. The highest BCUT2D eigenvalue weighted by atomic mass is 35.5. The highest BCUT2D eigenvalue weighted by molar-refractivity contribution is 7.13. The third-order valence-corrected chi connectivity index (χ3v) is 10.4. The molecule has 10 nitrogen and oxygen atoms in total. The van der Waals surface area contributed by atoms with Crippen molar-refractivity contribution in [1.29, 1.82) is 0 Å². The minimum atomic E-state index is -4.70. The Balaban J connectivity index is 0.000000219. The number of hydrogen-bond acceptors (Lipinski definition) is 8. The van der Waals surface area contributed by atoms with Gasteiger partial charge in [0.1, 0.15) is 27.2 Å². The molecule has 0 spiro atoms. The van der Waals surface area contributed by atoms with Gasteiger partial charge in [0.15, 0.2) is 0 Å². The zero-order valence-corrected chi connectivity index (χ0v) is 32.1. The van der Waals surface area contributed by atoms with Gasteiger partial charge >= 0.3 is 18.1 Å². The Morgan fingerprint density at radius 1 is 0.667 bits per heavy atom. The predicted octanol–water partition coefficient (Wildman–Crippen LogP) is 9.98. The quantitative estimate of drug-likeness (QED) is 0.0886. The van der Waals surface area contributed by atoms with Crippen LogP contribution in [0.2, 0.25) is 10.0 Å². The number of rotatable bonds is 12. The van der Waals surface area contributed by atoms with Crippen LogP contribution in [0.4, 0.5) is 17.6 Å². The van der Waals surface area contributed by atoms with Crippen LogP contribution in [0.25, 0.3) is 21.1 Å². The molecule has 0 aliphatic carbocycles. The molecule has 2 aromatic heterocycles. The van der Waals surface area contributed by atoms with Gasteiger partial charge in [0, 0.05) is 21.9 Å². The molecule has 0 aliphatic heterocycles. The van der Waals surface area contributed by atoms with Gasteiger partial charge in [-0.05, 0) is 41.5 Å². The van der Waals surface area contributed by atoms with Gasteiger partial charge in [-0.25, -0.2) is 14.4 Å². The number of carbonyl (C=O) groups is 4. The summed E-state index contributed by atoms with van der Waals surface area (Å²) in [5.74, 6) is -4.30. The summed E-state index contributed by atoms with van der Waals surface area (Å²) >= 11 is 14.7. The number of amides is 2. The number of halogens is 6. The predicted molar refractivity (Wildman–Crippen MR) is 208 cm³/mol. The van der Waals surface area contributed by atoms with Crippen molar-refractivity contribution >= 4 is 69.6 Å². The molecule has 2 atom stereocenters. The van der Waals surface area contributed by atoms with E-state index in [1.807, 2.05) is 6.07 Å². The average molecular weight is 860 g/mol. The molecule has 2 amide bonds. The molecule has 4 N–H and O–H groups in total. The molecule has 0 unspecified atom stereocenters. The molecule has 0 aliphatic rings. The molecular weight excluding hydrogens is 831 g/mol. The average Bonchev–Trinajstić information content (AvgIpc) is 3.86. The number of alkyl halides is 3. The van der Waals surface area contributed by atoms with Crippen LogP contribution >= 0.6 is 45.9 Å². The standard InChI is InChI=1S/C20H14ClF3N2O3S.C19H14ClFN2O3S/c21-14-8-4-2-6-12(14)19-26-16(10-30-19)18(29)25-15(9-17(27)28)11-5-1-3-7-13(11)20(22,23)24;20-14-7-2-1-6-13(14)19-23-16(10-27-19)18(26)22-15(9-17(24)25)11-4-3-5-12(21)8-11/h1-8,10,15H,9H2,(H,25,29)(H,27,28);1-8,10,15H,9H2,(H,22,26)(H,24,25)/t2*15-/m00/s1. The molecular formula is C39H28Cl2F4N4O6S2. The fourth-order valence-corrected chi connectivity index (χ4v) is 7.60. The first kappa shape index (κ1) is 42.5. The summed E-state index contributed by atoms with van der Waals surface area (Å²) in [5, 5.41) is 28.2. The zero-order chi connectivity index (χ0) is 41.3. The second-order valence-corrected chi connectivity index (χ2v) is 14.5. The van der Waals surface area contributed by atoms with Crippen LogP contribution < -0.4 is 10.6 Å². The number of carboxylic acid groups (broad SMARTS) is 2. The minimum Gasteiger partial charge on any atom is -0.481 e. The van der Waals surface area contributed by atoms with Crippen molar-refractivity contribution in [2.24, 2.45) is 0 Å². The van der Waals surface area contributed by atoms with E-state index in [2.05, 4.69) is 20.6 Å². The van der Waals surface area contributed by atoms with E-state index >= 15 is 0 Å². The molecule has 294 valence electrons. The molecule has 6 aromatic rings. The van der Waals surface area contributed by atoms with Crippen molar-refractivity contribution in [3.8, 4) is 21.1 Å². The molecule has 0 radical (unpaired) electrons. The van der Waals surface area contributed by atoms with Crippen LogP contribution in [0.5, 0.6) is 0 Å². The molecule has 6 rings (SSSR count). The zero-order valence-electron chi connectivity index (χ0n) is 29.0. The van der Waals surface area contributed by atoms with Gasteiger partial charge in [-0.1, -0.05) is 89.9 Å². The third-order valence-electron chi connectivity index (χ3n) is 7.94. The van der Waals surface area contributed by atoms with Crippen molar-refractivity contribution in [2.75, 3.05) is 0 Å². The summed E-state index contributed by atoms with van der Waals surface area (Å²) in [6.45, 7) is 0. The summed E-state index contributed by atoms with van der Waals surface area (Å²) < 4.78 is 53.5. The van der Waals surface area contributed by atoms with Crippen LogP contribution in [-0.4, -0.2) is 43.9 Å². The number of nitrogens with zero attached hydrogens (tertiary/aromatic N) is 2. The number of carbonyl (C=O) groups excluding carboxylic acids is 2. The van der Waals surface area contributed by atoms with Crippen LogP contribution in [0.3, 0.4) is 0 Å². The summed E-state index contributed by atoms with van der Waals surface area (Å²) in [4.78, 5) is 56.0. The smallest absolute Gasteiger partial charge is 0.416 e. The SMILES string of the molecule is O=C(O)C[C@H](NC(=O)c1csc(-c2ccccc2Cl)n1)c1cccc(F)c1.O=C(O)C[C@H](NC(=O)c1csc(-c2ccccc2Cl)n1)c1ccccc1C(F)(F)F. The van der Waals surface area contributed by atoms with E-state index in [0.29, 0.717) is 36.8 Å².